The number of aromatic nitrogens is 2. The van der Waals surface area contributed by atoms with E-state index >= 15 is 0 Å². The topological polar surface area (TPSA) is 74.8 Å². The summed E-state index contributed by atoms with van der Waals surface area (Å²) in [6, 6.07) is 9.61. The first kappa shape index (κ1) is 15.7. The van der Waals surface area contributed by atoms with E-state index in [0.717, 1.165) is 16.8 Å². The molecule has 0 saturated carbocycles. The minimum atomic E-state index is -3.26. The van der Waals surface area contributed by atoms with Crippen molar-refractivity contribution in [1.82, 2.24) is 14.9 Å². The van der Waals surface area contributed by atoms with E-state index in [4.69, 9.17) is 0 Å². The minimum absolute atomic E-state index is 0.117. The molecule has 6 heteroatoms. The van der Waals surface area contributed by atoms with E-state index in [1.165, 1.54) is 0 Å². The third kappa shape index (κ3) is 4.99. The molecule has 0 radical (unpaired) electrons. The molecular formula is C15H21N3O2S. The molecule has 0 amide bonds. The lowest BCUT2D eigenvalue weighted by Crippen LogP contribution is -2.31. The molecule has 0 atom stereocenters. The van der Waals surface area contributed by atoms with Crippen LogP contribution in [0.4, 0.5) is 0 Å². The summed E-state index contributed by atoms with van der Waals surface area (Å²) in [7, 11) is -3.26. The van der Waals surface area contributed by atoms with Crippen LogP contribution in [0.3, 0.4) is 0 Å². The lowest BCUT2D eigenvalue weighted by atomic mass is 10.0. The first-order valence-corrected chi connectivity index (χ1v) is 8.46. The highest BCUT2D eigenvalue weighted by atomic mass is 32.2. The molecule has 0 bridgehead atoms. The molecule has 1 aromatic heterocycles. The van der Waals surface area contributed by atoms with E-state index in [-0.39, 0.29) is 11.2 Å². The van der Waals surface area contributed by atoms with Gasteiger partial charge < -0.3 is 0 Å². The van der Waals surface area contributed by atoms with Gasteiger partial charge in [0.15, 0.2) is 0 Å². The Morgan fingerprint density at radius 2 is 1.81 bits per heavy atom. The molecule has 0 unspecified atom stereocenters. The monoisotopic (exact) mass is 307 g/mol. The standard InChI is InChI=1S/C15H21N3O2S/c1-15(2,3)11-21(19,20)17-10-12-4-6-13(7-5-12)14-8-9-16-18-14/h4-9,17H,10-11H2,1-3H3,(H,16,18). The van der Waals surface area contributed by atoms with Gasteiger partial charge in [-0.15, -0.1) is 0 Å². The number of H-pyrrole nitrogens is 1. The van der Waals surface area contributed by atoms with Gasteiger partial charge in [-0.25, -0.2) is 13.1 Å². The Labute approximate surface area is 125 Å². The Bertz CT molecular complexity index is 669. The zero-order chi connectivity index (χ0) is 15.5. The summed E-state index contributed by atoms with van der Waals surface area (Å²) >= 11 is 0. The highest BCUT2D eigenvalue weighted by molar-refractivity contribution is 7.89. The predicted molar refractivity (Wildman–Crippen MR) is 84.1 cm³/mol. The molecule has 0 aliphatic heterocycles. The maximum Gasteiger partial charge on any atom is 0.212 e. The maximum atomic E-state index is 11.9. The van der Waals surface area contributed by atoms with E-state index in [2.05, 4.69) is 14.9 Å². The lowest BCUT2D eigenvalue weighted by molar-refractivity contribution is 0.458. The fourth-order valence-electron chi connectivity index (χ4n) is 2.03. The summed E-state index contributed by atoms with van der Waals surface area (Å²) in [6.07, 6.45) is 1.70. The van der Waals surface area contributed by atoms with Crippen molar-refractivity contribution in [2.24, 2.45) is 5.41 Å². The molecule has 2 N–H and O–H groups in total. The third-order valence-electron chi connectivity index (χ3n) is 2.88. The van der Waals surface area contributed by atoms with Crippen LogP contribution in [0.15, 0.2) is 36.5 Å². The van der Waals surface area contributed by atoms with Crippen molar-refractivity contribution in [3.8, 4) is 11.3 Å². The van der Waals surface area contributed by atoms with Crippen LogP contribution in [0.5, 0.6) is 0 Å². The average Bonchev–Trinajstić information content (AvgIpc) is 2.88. The van der Waals surface area contributed by atoms with Gasteiger partial charge in [-0.3, -0.25) is 5.10 Å². The van der Waals surface area contributed by atoms with E-state index < -0.39 is 10.0 Å². The molecule has 1 heterocycles. The van der Waals surface area contributed by atoms with E-state index in [9.17, 15) is 8.42 Å². The summed E-state index contributed by atoms with van der Waals surface area (Å²) in [5.74, 6) is 0.117. The molecule has 2 rings (SSSR count). The van der Waals surface area contributed by atoms with Gasteiger partial charge in [0.25, 0.3) is 0 Å². The number of nitrogens with zero attached hydrogens (tertiary/aromatic N) is 1. The predicted octanol–water partition coefficient (Wildman–Crippen LogP) is 2.54. The van der Waals surface area contributed by atoms with Crippen molar-refractivity contribution in [2.45, 2.75) is 27.3 Å². The number of benzene rings is 1. The first-order valence-electron chi connectivity index (χ1n) is 6.81. The van der Waals surface area contributed by atoms with Crippen LogP contribution in [-0.4, -0.2) is 24.4 Å². The van der Waals surface area contributed by atoms with Gasteiger partial charge in [0.05, 0.1) is 11.4 Å². The summed E-state index contributed by atoms with van der Waals surface area (Å²) in [4.78, 5) is 0. The Balaban J connectivity index is 1.98. The molecule has 0 saturated heterocycles. The highest BCUT2D eigenvalue weighted by Gasteiger charge is 2.20. The minimum Gasteiger partial charge on any atom is -0.278 e. The number of rotatable bonds is 5. The Kier molecular flexibility index (Phi) is 4.49. The zero-order valence-electron chi connectivity index (χ0n) is 12.6. The van der Waals surface area contributed by atoms with Gasteiger partial charge in [0, 0.05) is 12.7 Å². The van der Waals surface area contributed by atoms with Gasteiger partial charge in [-0.2, -0.15) is 5.10 Å². The van der Waals surface area contributed by atoms with Crippen molar-refractivity contribution >= 4 is 10.0 Å². The molecule has 0 aliphatic rings. The number of sulfonamides is 1. The molecule has 2 aromatic rings. The molecule has 21 heavy (non-hydrogen) atoms. The summed E-state index contributed by atoms with van der Waals surface area (Å²) in [6.45, 7) is 6.03. The summed E-state index contributed by atoms with van der Waals surface area (Å²) in [5, 5.41) is 6.80. The average molecular weight is 307 g/mol. The van der Waals surface area contributed by atoms with Crippen molar-refractivity contribution in [3.63, 3.8) is 0 Å². The van der Waals surface area contributed by atoms with E-state index in [1.807, 2.05) is 51.1 Å². The zero-order valence-corrected chi connectivity index (χ0v) is 13.4. The van der Waals surface area contributed by atoms with Crippen LogP contribution in [0.25, 0.3) is 11.3 Å². The number of hydrogen-bond donors (Lipinski definition) is 2. The normalized spacial score (nSPS) is 12.5. The second kappa shape index (κ2) is 5.99. The SMILES string of the molecule is CC(C)(C)CS(=O)(=O)NCc1ccc(-c2ccn[nH]2)cc1. The van der Waals surface area contributed by atoms with Gasteiger partial charge in [0.1, 0.15) is 0 Å². The molecule has 0 spiro atoms. The molecule has 0 fully saturated rings. The van der Waals surface area contributed by atoms with Crippen molar-refractivity contribution < 1.29 is 8.42 Å². The van der Waals surface area contributed by atoms with Crippen LogP contribution in [-0.2, 0) is 16.6 Å². The fraction of sp³-hybridized carbons (Fsp3) is 0.400. The Morgan fingerprint density at radius 1 is 1.14 bits per heavy atom. The van der Waals surface area contributed by atoms with Crippen molar-refractivity contribution in [1.29, 1.82) is 0 Å². The highest BCUT2D eigenvalue weighted by Crippen LogP contribution is 2.18. The van der Waals surface area contributed by atoms with Gasteiger partial charge in [0.2, 0.25) is 10.0 Å². The Hall–Kier alpha value is -1.66. The van der Waals surface area contributed by atoms with Crippen LogP contribution in [0.1, 0.15) is 26.3 Å². The second-order valence-electron chi connectivity index (χ2n) is 6.31. The smallest absolute Gasteiger partial charge is 0.212 e. The molecule has 0 aliphatic carbocycles. The summed E-state index contributed by atoms with van der Waals surface area (Å²) in [5.41, 5.74) is 2.63. The molecular weight excluding hydrogens is 286 g/mol. The lowest BCUT2D eigenvalue weighted by Gasteiger charge is -2.18. The number of hydrogen-bond acceptors (Lipinski definition) is 3. The van der Waals surface area contributed by atoms with E-state index in [1.54, 1.807) is 6.20 Å². The quantitative estimate of drug-likeness (QED) is 0.891. The van der Waals surface area contributed by atoms with Gasteiger partial charge >= 0.3 is 0 Å². The van der Waals surface area contributed by atoms with Crippen LogP contribution in [0, 0.1) is 5.41 Å². The first-order chi connectivity index (χ1) is 9.75. The third-order valence-corrected chi connectivity index (χ3v) is 4.72. The van der Waals surface area contributed by atoms with Gasteiger partial charge in [-0.05, 0) is 22.6 Å². The molecule has 5 nitrogen and oxygen atoms in total. The Morgan fingerprint density at radius 3 is 2.33 bits per heavy atom. The largest absolute Gasteiger partial charge is 0.278 e. The van der Waals surface area contributed by atoms with Crippen molar-refractivity contribution in [2.75, 3.05) is 5.75 Å². The number of aromatic amines is 1. The van der Waals surface area contributed by atoms with Crippen LogP contribution >= 0.6 is 0 Å². The fourth-order valence-corrected chi connectivity index (χ4v) is 3.66. The number of nitrogens with one attached hydrogen (secondary N) is 2. The second-order valence-corrected chi connectivity index (χ2v) is 8.11. The summed E-state index contributed by atoms with van der Waals surface area (Å²) < 4.78 is 26.5. The van der Waals surface area contributed by atoms with E-state index in [0.29, 0.717) is 6.54 Å². The van der Waals surface area contributed by atoms with Crippen LogP contribution < -0.4 is 4.72 Å². The van der Waals surface area contributed by atoms with Crippen LogP contribution in [0.2, 0.25) is 0 Å². The molecule has 114 valence electrons. The van der Waals surface area contributed by atoms with Crippen molar-refractivity contribution in [3.05, 3.63) is 42.1 Å². The molecule has 1 aromatic carbocycles. The maximum absolute atomic E-state index is 11.9. The van der Waals surface area contributed by atoms with Gasteiger partial charge in [-0.1, -0.05) is 45.0 Å².